The van der Waals surface area contributed by atoms with Gasteiger partial charge in [-0.25, -0.2) is 0 Å². The molecule has 0 spiro atoms. The van der Waals surface area contributed by atoms with E-state index in [-0.39, 0.29) is 6.10 Å². The summed E-state index contributed by atoms with van der Waals surface area (Å²) in [6.07, 6.45) is 1.61. The van der Waals surface area contributed by atoms with E-state index in [4.69, 9.17) is 14.2 Å². The van der Waals surface area contributed by atoms with E-state index in [0.717, 1.165) is 25.3 Å². The summed E-state index contributed by atoms with van der Waals surface area (Å²) in [5.74, 6) is 1.29. The molecule has 3 unspecified atom stereocenters. The Balaban J connectivity index is 1.74. The molecular weight excluding hydrogens is 270 g/mol. The molecule has 5 nitrogen and oxygen atoms in total. The summed E-state index contributed by atoms with van der Waals surface area (Å²) in [6.45, 7) is 2.62. The molecule has 116 valence electrons. The molecule has 3 atom stereocenters. The monoisotopic (exact) mass is 293 g/mol. The zero-order valence-electron chi connectivity index (χ0n) is 12.6. The molecule has 2 heterocycles. The van der Waals surface area contributed by atoms with Crippen LogP contribution in [0.25, 0.3) is 0 Å². The minimum atomic E-state index is -0.647. The highest BCUT2D eigenvalue weighted by Crippen LogP contribution is 2.33. The third-order valence-corrected chi connectivity index (χ3v) is 4.52. The largest absolute Gasteiger partial charge is 0.493 e. The van der Waals surface area contributed by atoms with Crippen molar-refractivity contribution in [2.24, 2.45) is 0 Å². The van der Waals surface area contributed by atoms with Crippen LogP contribution in [0.2, 0.25) is 0 Å². The van der Waals surface area contributed by atoms with Gasteiger partial charge in [0.2, 0.25) is 0 Å². The van der Waals surface area contributed by atoms with Gasteiger partial charge in [0.15, 0.2) is 11.5 Å². The molecule has 0 radical (unpaired) electrons. The third-order valence-electron chi connectivity index (χ3n) is 4.52. The van der Waals surface area contributed by atoms with E-state index >= 15 is 0 Å². The van der Waals surface area contributed by atoms with Crippen LogP contribution in [-0.2, 0) is 4.74 Å². The summed E-state index contributed by atoms with van der Waals surface area (Å²) in [4.78, 5) is 2.43. The highest BCUT2D eigenvalue weighted by molar-refractivity contribution is 5.43. The molecule has 0 amide bonds. The average molecular weight is 293 g/mol. The van der Waals surface area contributed by atoms with Crippen molar-refractivity contribution in [2.75, 3.05) is 33.9 Å². The number of hydrogen-bond donors (Lipinski definition) is 1. The lowest BCUT2D eigenvalue weighted by Crippen LogP contribution is -2.48. The van der Waals surface area contributed by atoms with Crippen molar-refractivity contribution >= 4 is 0 Å². The van der Waals surface area contributed by atoms with E-state index in [9.17, 15) is 5.11 Å². The lowest BCUT2D eigenvalue weighted by atomic mass is 10.0. The molecule has 3 rings (SSSR count). The Hall–Kier alpha value is -1.30. The lowest BCUT2D eigenvalue weighted by molar-refractivity contribution is -0.103. The first-order valence-electron chi connectivity index (χ1n) is 7.48. The normalized spacial score (nSPS) is 27.2. The summed E-state index contributed by atoms with van der Waals surface area (Å²) < 4.78 is 16.4. The second-order valence-electron chi connectivity index (χ2n) is 5.72. The molecule has 5 heteroatoms. The number of morpholine rings is 1. The van der Waals surface area contributed by atoms with Gasteiger partial charge < -0.3 is 19.3 Å². The number of aliphatic hydroxyl groups excluding tert-OH is 1. The fraction of sp³-hybridized carbons (Fsp3) is 0.625. The Bertz CT molecular complexity index is 493. The molecule has 21 heavy (non-hydrogen) atoms. The number of ether oxygens (including phenoxy) is 3. The number of fused-ring (bicyclic) bond motifs is 1. The molecule has 2 saturated heterocycles. The highest BCUT2D eigenvalue weighted by Gasteiger charge is 2.35. The summed E-state index contributed by atoms with van der Waals surface area (Å²) in [7, 11) is 3.20. The predicted molar refractivity (Wildman–Crippen MR) is 78.8 cm³/mol. The van der Waals surface area contributed by atoms with Gasteiger partial charge in [0.25, 0.3) is 0 Å². The quantitative estimate of drug-likeness (QED) is 0.914. The average Bonchev–Trinajstić information content (AvgIpc) is 3.00. The van der Waals surface area contributed by atoms with Crippen LogP contribution in [0.5, 0.6) is 11.5 Å². The van der Waals surface area contributed by atoms with E-state index in [2.05, 4.69) is 4.90 Å². The van der Waals surface area contributed by atoms with Gasteiger partial charge in [0.05, 0.1) is 20.8 Å². The van der Waals surface area contributed by atoms with Crippen molar-refractivity contribution in [3.8, 4) is 11.5 Å². The van der Waals surface area contributed by atoms with Crippen LogP contribution in [0.15, 0.2) is 18.2 Å². The van der Waals surface area contributed by atoms with Crippen LogP contribution in [0.3, 0.4) is 0 Å². The number of methoxy groups -OCH3 is 2. The molecule has 2 aliphatic heterocycles. The number of nitrogens with zero attached hydrogens (tertiary/aromatic N) is 1. The van der Waals surface area contributed by atoms with Crippen molar-refractivity contribution in [1.82, 2.24) is 4.90 Å². The fourth-order valence-corrected chi connectivity index (χ4v) is 3.29. The van der Waals surface area contributed by atoms with Crippen molar-refractivity contribution in [2.45, 2.75) is 31.1 Å². The number of rotatable bonds is 4. The Labute approximate surface area is 125 Å². The smallest absolute Gasteiger partial charge is 0.161 e. The van der Waals surface area contributed by atoms with Crippen LogP contribution in [0.1, 0.15) is 24.5 Å². The second kappa shape index (κ2) is 6.22. The van der Waals surface area contributed by atoms with Gasteiger partial charge in [-0.3, -0.25) is 4.90 Å². The summed E-state index contributed by atoms with van der Waals surface area (Å²) in [5, 5.41) is 10.6. The van der Waals surface area contributed by atoms with Gasteiger partial charge >= 0.3 is 0 Å². The Morgan fingerprint density at radius 3 is 2.86 bits per heavy atom. The second-order valence-corrected chi connectivity index (χ2v) is 5.72. The summed E-state index contributed by atoms with van der Waals surface area (Å²) in [5.41, 5.74) is 0.801. The maximum Gasteiger partial charge on any atom is 0.161 e. The summed E-state index contributed by atoms with van der Waals surface area (Å²) >= 11 is 0. The molecule has 1 aromatic rings. The van der Waals surface area contributed by atoms with Gasteiger partial charge in [-0.2, -0.15) is 0 Å². The maximum atomic E-state index is 10.6. The van der Waals surface area contributed by atoms with Gasteiger partial charge in [0.1, 0.15) is 12.2 Å². The SMILES string of the molecule is COc1ccc(C(O)C2CN3CCCC3CO2)cc1OC. The Morgan fingerprint density at radius 1 is 1.29 bits per heavy atom. The van der Waals surface area contributed by atoms with Crippen LogP contribution in [-0.4, -0.2) is 56.1 Å². The minimum Gasteiger partial charge on any atom is -0.493 e. The number of aliphatic hydroxyl groups is 1. The van der Waals surface area contributed by atoms with Gasteiger partial charge in [-0.05, 0) is 37.1 Å². The molecule has 1 aromatic carbocycles. The van der Waals surface area contributed by atoms with Gasteiger partial charge in [-0.15, -0.1) is 0 Å². The van der Waals surface area contributed by atoms with Crippen LogP contribution >= 0.6 is 0 Å². The molecule has 1 N–H and O–H groups in total. The zero-order chi connectivity index (χ0) is 14.8. The minimum absolute atomic E-state index is 0.183. The molecule has 2 aliphatic rings. The predicted octanol–water partition coefficient (Wildman–Crippen LogP) is 1.60. The Morgan fingerprint density at radius 2 is 2.10 bits per heavy atom. The molecule has 0 aliphatic carbocycles. The van der Waals surface area contributed by atoms with E-state index in [1.165, 1.54) is 12.8 Å². The van der Waals surface area contributed by atoms with Crippen LogP contribution in [0, 0.1) is 0 Å². The van der Waals surface area contributed by atoms with Crippen molar-refractivity contribution < 1.29 is 19.3 Å². The highest BCUT2D eigenvalue weighted by atomic mass is 16.5. The molecule has 0 aromatic heterocycles. The molecular formula is C16H23NO4. The van der Waals surface area contributed by atoms with E-state index < -0.39 is 6.10 Å². The van der Waals surface area contributed by atoms with E-state index in [0.29, 0.717) is 17.5 Å². The summed E-state index contributed by atoms with van der Waals surface area (Å²) in [6, 6.07) is 6.05. The molecule has 0 bridgehead atoms. The first kappa shape index (κ1) is 14.6. The fourth-order valence-electron chi connectivity index (χ4n) is 3.29. The lowest BCUT2D eigenvalue weighted by Gasteiger charge is -2.37. The first-order valence-corrected chi connectivity index (χ1v) is 7.48. The first-order chi connectivity index (χ1) is 10.2. The van der Waals surface area contributed by atoms with Crippen molar-refractivity contribution in [3.05, 3.63) is 23.8 Å². The topological polar surface area (TPSA) is 51.2 Å². The van der Waals surface area contributed by atoms with Gasteiger partial charge in [0, 0.05) is 12.6 Å². The maximum absolute atomic E-state index is 10.6. The van der Waals surface area contributed by atoms with Gasteiger partial charge in [-0.1, -0.05) is 6.07 Å². The van der Waals surface area contributed by atoms with E-state index in [1.54, 1.807) is 14.2 Å². The third kappa shape index (κ3) is 2.86. The van der Waals surface area contributed by atoms with E-state index in [1.807, 2.05) is 18.2 Å². The zero-order valence-corrected chi connectivity index (χ0v) is 12.6. The van der Waals surface area contributed by atoms with Crippen LogP contribution < -0.4 is 9.47 Å². The number of hydrogen-bond acceptors (Lipinski definition) is 5. The van der Waals surface area contributed by atoms with Crippen molar-refractivity contribution in [3.63, 3.8) is 0 Å². The molecule has 2 fully saturated rings. The standard InChI is InChI=1S/C16H23NO4/c1-19-13-6-5-11(8-14(13)20-2)16(18)15-9-17-7-3-4-12(17)10-21-15/h5-6,8,12,15-16,18H,3-4,7,9-10H2,1-2H3. The van der Waals surface area contributed by atoms with Crippen LogP contribution in [0.4, 0.5) is 0 Å². The number of benzene rings is 1. The van der Waals surface area contributed by atoms with Crippen molar-refractivity contribution in [1.29, 1.82) is 0 Å². The molecule has 0 saturated carbocycles. The Kier molecular flexibility index (Phi) is 4.33.